The van der Waals surface area contributed by atoms with Gasteiger partial charge in [0.25, 0.3) is 5.91 Å². The van der Waals surface area contributed by atoms with Crippen LogP contribution in [0.5, 0.6) is 0 Å². The topological polar surface area (TPSA) is 42.0 Å². The van der Waals surface area contributed by atoms with Gasteiger partial charge >= 0.3 is 6.18 Å². The van der Waals surface area contributed by atoms with Crippen LogP contribution in [-0.4, -0.2) is 10.9 Å². The van der Waals surface area contributed by atoms with Crippen molar-refractivity contribution in [2.45, 2.75) is 26.4 Å². The molecule has 2 aromatic heterocycles. The van der Waals surface area contributed by atoms with Gasteiger partial charge in [-0.1, -0.05) is 13.0 Å². The number of rotatable bonds is 4. The van der Waals surface area contributed by atoms with E-state index >= 15 is 0 Å². The number of halogens is 3. The number of anilines is 1. The van der Waals surface area contributed by atoms with E-state index in [9.17, 15) is 18.0 Å². The predicted molar refractivity (Wildman–Crippen MR) is 101 cm³/mol. The molecule has 0 atom stereocenters. The van der Waals surface area contributed by atoms with Gasteiger partial charge in [-0.2, -0.15) is 13.2 Å². The molecule has 3 nitrogen and oxygen atoms in total. The number of carbonyl (C=O) groups excluding carboxylic acids is 1. The largest absolute Gasteiger partial charge is 0.416 e. The molecule has 0 saturated heterocycles. The summed E-state index contributed by atoms with van der Waals surface area (Å²) in [4.78, 5) is 17.5. The molecule has 2 heterocycles. The van der Waals surface area contributed by atoms with Gasteiger partial charge in [0.05, 0.1) is 10.4 Å². The van der Waals surface area contributed by atoms with Gasteiger partial charge in [0.15, 0.2) is 0 Å². The van der Waals surface area contributed by atoms with Crippen molar-refractivity contribution in [3.05, 3.63) is 70.4 Å². The van der Waals surface area contributed by atoms with Crippen molar-refractivity contribution in [2.75, 3.05) is 5.32 Å². The molecule has 0 aliphatic rings. The minimum absolute atomic E-state index is 0.300. The second-order valence-corrected chi connectivity index (χ2v) is 7.12. The van der Waals surface area contributed by atoms with E-state index < -0.39 is 11.7 Å². The molecule has 1 N–H and O–H groups in total. The molecule has 0 radical (unpaired) electrons. The summed E-state index contributed by atoms with van der Waals surface area (Å²) in [5, 5.41) is 2.81. The Labute approximate surface area is 158 Å². The Balaban J connectivity index is 1.91. The van der Waals surface area contributed by atoms with Gasteiger partial charge < -0.3 is 5.32 Å². The van der Waals surface area contributed by atoms with Crippen LogP contribution >= 0.6 is 11.3 Å². The third-order valence-corrected chi connectivity index (χ3v) is 5.30. The summed E-state index contributed by atoms with van der Waals surface area (Å²) in [5.41, 5.74) is 2.10. The maximum Gasteiger partial charge on any atom is 0.416 e. The maximum absolute atomic E-state index is 13.1. The molecule has 3 aromatic rings. The molecule has 0 aliphatic carbocycles. The molecule has 27 heavy (non-hydrogen) atoms. The number of aromatic nitrogens is 1. The van der Waals surface area contributed by atoms with Crippen LogP contribution in [0.25, 0.3) is 10.4 Å². The van der Waals surface area contributed by atoms with Crippen LogP contribution in [0.3, 0.4) is 0 Å². The van der Waals surface area contributed by atoms with Gasteiger partial charge in [0.1, 0.15) is 0 Å². The number of nitrogens with one attached hydrogen (secondary N) is 1. The van der Waals surface area contributed by atoms with E-state index in [1.165, 1.54) is 17.4 Å². The van der Waals surface area contributed by atoms with Crippen molar-refractivity contribution in [3.8, 4) is 10.4 Å². The number of carbonyl (C=O) groups is 1. The molecule has 3 rings (SSSR count). The first-order chi connectivity index (χ1) is 12.8. The summed E-state index contributed by atoms with van der Waals surface area (Å²) < 4.78 is 39.2. The number of amides is 1. The van der Waals surface area contributed by atoms with Crippen molar-refractivity contribution in [3.63, 3.8) is 0 Å². The van der Waals surface area contributed by atoms with Crippen LogP contribution in [0.4, 0.5) is 18.9 Å². The van der Waals surface area contributed by atoms with Gasteiger partial charge in [0, 0.05) is 23.0 Å². The summed E-state index contributed by atoms with van der Waals surface area (Å²) in [5.74, 6) is -0.300. The van der Waals surface area contributed by atoms with Gasteiger partial charge in [-0.25, -0.2) is 0 Å². The average molecular weight is 390 g/mol. The van der Waals surface area contributed by atoms with E-state index in [0.29, 0.717) is 27.4 Å². The minimum Gasteiger partial charge on any atom is -0.321 e. The molecule has 0 saturated carbocycles. The fourth-order valence-electron chi connectivity index (χ4n) is 2.69. The molecular formula is C20H17F3N2OS. The number of hydrogen-bond acceptors (Lipinski definition) is 3. The zero-order valence-electron chi connectivity index (χ0n) is 14.7. The Bertz CT molecular complexity index is 979. The van der Waals surface area contributed by atoms with E-state index in [0.717, 1.165) is 23.3 Å². The minimum atomic E-state index is -4.41. The van der Waals surface area contributed by atoms with Gasteiger partial charge in [-0.15, -0.1) is 11.3 Å². The van der Waals surface area contributed by atoms with Gasteiger partial charge in [-0.3, -0.25) is 9.78 Å². The average Bonchev–Trinajstić information content (AvgIpc) is 3.12. The summed E-state index contributed by atoms with van der Waals surface area (Å²) in [6, 6.07) is 8.76. The fourth-order valence-corrected chi connectivity index (χ4v) is 3.65. The Kier molecular flexibility index (Phi) is 5.32. The number of pyridine rings is 1. The first-order valence-electron chi connectivity index (χ1n) is 8.32. The van der Waals surface area contributed by atoms with E-state index in [-0.39, 0.29) is 5.91 Å². The van der Waals surface area contributed by atoms with Crippen LogP contribution < -0.4 is 5.32 Å². The number of hydrogen-bond donors (Lipinski definition) is 1. The summed E-state index contributed by atoms with van der Waals surface area (Å²) >= 11 is 1.17. The second kappa shape index (κ2) is 7.52. The first-order valence-corrected chi connectivity index (χ1v) is 9.13. The lowest BCUT2D eigenvalue weighted by molar-refractivity contribution is -0.137. The van der Waals surface area contributed by atoms with Crippen LogP contribution in [0.15, 0.2) is 48.8 Å². The Hall–Kier alpha value is -2.67. The lowest BCUT2D eigenvalue weighted by Gasteiger charge is -2.11. The second-order valence-electron chi connectivity index (χ2n) is 6.03. The van der Waals surface area contributed by atoms with Crippen LogP contribution in [0, 0.1) is 6.92 Å². The smallest absolute Gasteiger partial charge is 0.321 e. The fraction of sp³-hybridized carbons (Fsp3) is 0.200. The number of nitrogens with zero attached hydrogens (tertiary/aromatic N) is 1. The number of aryl methyl sites for hydroxylation is 2. The molecule has 0 aliphatic heterocycles. The molecule has 0 bridgehead atoms. The Morgan fingerprint density at radius 3 is 2.63 bits per heavy atom. The van der Waals surface area contributed by atoms with E-state index in [2.05, 4.69) is 10.3 Å². The van der Waals surface area contributed by atoms with Crippen molar-refractivity contribution >= 4 is 22.9 Å². The quantitative estimate of drug-likeness (QED) is 0.598. The standard InChI is InChI=1S/C20H17F3N2OS/c1-3-13-4-5-14(20(21,22)23)10-15(13)17-6-7-18(27-17)19(26)25-16-8-9-24-11-12(16)2/h4-11H,3H2,1-2H3,(H,24,25,26). The molecule has 140 valence electrons. The van der Waals surface area contributed by atoms with Crippen LogP contribution in [0.2, 0.25) is 0 Å². The lowest BCUT2D eigenvalue weighted by Crippen LogP contribution is -2.11. The normalized spacial score (nSPS) is 11.4. The van der Waals surface area contributed by atoms with Gasteiger partial charge in [-0.05, 0) is 60.4 Å². The third kappa shape index (κ3) is 4.19. The van der Waals surface area contributed by atoms with E-state index in [1.54, 1.807) is 30.6 Å². The Morgan fingerprint density at radius 1 is 1.19 bits per heavy atom. The molecule has 1 aromatic carbocycles. The SMILES string of the molecule is CCc1ccc(C(F)(F)F)cc1-c1ccc(C(=O)Nc2ccncc2C)s1. The zero-order chi connectivity index (χ0) is 19.6. The van der Waals surface area contributed by atoms with Crippen molar-refractivity contribution in [1.29, 1.82) is 0 Å². The Morgan fingerprint density at radius 2 is 1.96 bits per heavy atom. The van der Waals surface area contributed by atoms with Crippen LogP contribution in [0.1, 0.15) is 33.3 Å². The highest BCUT2D eigenvalue weighted by atomic mass is 32.1. The van der Waals surface area contributed by atoms with Crippen molar-refractivity contribution in [1.82, 2.24) is 4.98 Å². The van der Waals surface area contributed by atoms with Crippen molar-refractivity contribution in [2.24, 2.45) is 0 Å². The van der Waals surface area contributed by atoms with Crippen molar-refractivity contribution < 1.29 is 18.0 Å². The molecule has 0 spiro atoms. The molecule has 0 unspecified atom stereocenters. The summed E-state index contributed by atoms with van der Waals surface area (Å²) in [6.07, 6.45) is -0.579. The third-order valence-electron chi connectivity index (χ3n) is 4.18. The molecule has 0 fully saturated rings. The van der Waals surface area contributed by atoms with Gasteiger partial charge in [0.2, 0.25) is 0 Å². The molecule has 7 heteroatoms. The molecule has 1 amide bonds. The zero-order valence-corrected chi connectivity index (χ0v) is 15.5. The highest BCUT2D eigenvalue weighted by Gasteiger charge is 2.31. The highest BCUT2D eigenvalue weighted by Crippen LogP contribution is 2.37. The predicted octanol–water partition coefficient (Wildman–Crippen LogP) is 5.95. The molecular weight excluding hydrogens is 373 g/mol. The van der Waals surface area contributed by atoms with E-state index in [1.807, 2.05) is 13.8 Å². The monoisotopic (exact) mass is 390 g/mol. The number of alkyl halides is 3. The number of thiophene rings is 1. The number of benzene rings is 1. The first kappa shape index (κ1) is 19.1. The summed E-state index contributed by atoms with van der Waals surface area (Å²) in [6.45, 7) is 3.72. The highest BCUT2D eigenvalue weighted by molar-refractivity contribution is 7.17. The lowest BCUT2D eigenvalue weighted by atomic mass is 10.0. The van der Waals surface area contributed by atoms with Crippen LogP contribution in [-0.2, 0) is 12.6 Å². The maximum atomic E-state index is 13.1. The van der Waals surface area contributed by atoms with E-state index in [4.69, 9.17) is 0 Å². The summed E-state index contributed by atoms with van der Waals surface area (Å²) in [7, 11) is 0.